The van der Waals surface area contributed by atoms with Gasteiger partial charge in [0.2, 0.25) is 0 Å². The van der Waals surface area contributed by atoms with Gasteiger partial charge in [0.15, 0.2) is 0 Å². The number of hydrogen-bond acceptors (Lipinski definition) is 1. The normalized spacial score (nSPS) is 8.29. The Labute approximate surface area is 99.5 Å². The van der Waals surface area contributed by atoms with E-state index >= 15 is 0 Å². The minimum atomic E-state index is 0. The maximum Gasteiger partial charge on any atom is 2.00 e. The Hall–Kier alpha value is -0.942. The molecular formula is C12H11NPt. The molecule has 0 aliphatic carbocycles. The van der Waals surface area contributed by atoms with Crippen LogP contribution in [-0.4, -0.2) is 4.98 Å². The van der Waals surface area contributed by atoms with Crippen LogP contribution in [0.25, 0.3) is 11.3 Å². The summed E-state index contributed by atoms with van der Waals surface area (Å²) in [5.41, 5.74) is 2.01. The molecular weight excluding hydrogens is 353 g/mol. The molecule has 2 aromatic rings. The third-order valence-corrected chi connectivity index (χ3v) is 1.65. The molecule has 1 aromatic carbocycles. The number of hydrogen-bond donors (Lipinski definition) is 0. The summed E-state index contributed by atoms with van der Waals surface area (Å²) in [5, 5.41) is 0. The smallest absolute Gasteiger partial charge is 0.358 e. The third kappa shape index (κ3) is 3.08. The van der Waals surface area contributed by atoms with Crippen LogP contribution in [0.5, 0.6) is 0 Å². The van der Waals surface area contributed by atoms with Crippen LogP contribution in [0.2, 0.25) is 0 Å². The second-order valence-corrected chi connectivity index (χ2v) is 2.49. The number of pyridine rings is 1. The molecule has 0 spiro atoms. The van der Waals surface area contributed by atoms with Crippen LogP contribution in [-0.2, 0) is 21.1 Å². The van der Waals surface area contributed by atoms with Gasteiger partial charge in [-0.2, -0.15) is 0 Å². The van der Waals surface area contributed by atoms with Gasteiger partial charge in [-0.3, -0.25) is 0 Å². The van der Waals surface area contributed by atoms with Gasteiger partial charge in [-0.25, -0.2) is 0 Å². The maximum absolute atomic E-state index is 4.22. The number of nitrogens with zero attached hydrogens (tertiary/aromatic N) is 1. The zero-order valence-electron chi connectivity index (χ0n) is 7.88. The largest absolute Gasteiger partial charge is 2.00 e. The maximum atomic E-state index is 4.22. The van der Waals surface area contributed by atoms with Gasteiger partial charge in [0.05, 0.1) is 0 Å². The molecule has 1 heterocycles. The zero-order chi connectivity index (χ0) is 8.23. The predicted octanol–water partition coefficient (Wildman–Crippen LogP) is 3.00. The van der Waals surface area contributed by atoms with E-state index in [9.17, 15) is 0 Å². The van der Waals surface area contributed by atoms with E-state index in [0.29, 0.717) is 0 Å². The fourth-order valence-corrected chi connectivity index (χ4v) is 1.07. The monoisotopic (exact) mass is 364 g/mol. The van der Waals surface area contributed by atoms with Gasteiger partial charge < -0.3 is 12.4 Å². The first kappa shape index (κ1) is 13.1. The van der Waals surface area contributed by atoms with Crippen molar-refractivity contribution in [1.82, 2.24) is 4.98 Å². The van der Waals surface area contributed by atoms with Crippen molar-refractivity contribution in [2.45, 2.75) is 0 Å². The Bertz CT molecular complexity index is 308. The molecule has 2 rings (SSSR count). The summed E-state index contributed by atoms with van der Waals surface area (Å²) < 4.78 is 0. The van der Waals surface area contributed by atoms with Gasteiger partial charge in [-0.1, -0.05) is 12.1 Å². The topological polar surface area (TPSA) is 12.9 Å². The standard InChI is InChI=1S/C11H8N.CH3.Pt/c1-2-6-10(7-3-1)11-8-4-5-9-12-11;;/h1-6,8-9H;1H3;/q2*-1;+2. The Balaban J connectivity index is 0.000000845. The molecule has 1 nitrogen and oxygen atoms in total. The predicted molar refractivity (Wildman–Crippen MR) is 54.9 cm³/mol. The second kappa shape index (κ2) is 6.50. The molecule has 0 bridgehead atoms. The van der Waals surface area contributed by atoms with Gasteiger partial charge in [-0.05, 0) is 11.8 Å². The van der Waals surface area contributed by atoms with E-state index < -0.39 is 0 Å². The molecule has 0 saturated carbocycles. The summed E-state index contributed by atoms with van der Waals surface area (Å²) in [6.07, 6.45) is 1.79. The average molecular weight is 364 g/mol. The van der Waals surface area contributed by atoms with E-state index in [1.54, 1.807) is 6.20 Å². The first-order chi connectivity index (χ1) is 5.97. The summed E-state index contributed by atoms with van der Waals surface area (Å²) in [6, 6.07) is 16.8. The minimum Gasteiger partial charge on any atom is -0.358 e. The molecule has 0 amide bonds. The number of aromatic nitrogens is 1. The SMILES string of the molecule is [CH3-].[Pt+2].[c-]1ccccc1-c1ccccn1. The number of benzene rings is 1. The second-order valence-electron chi connectivity index (χ2n) is 2.49. The molecule has 0 unspecified atom stereocenters. The fourth-order valence-electron chi connectivity index (χ4n) is 1.07. The van der Waals surface area contributed by atoms with Crippen molar-refractivity contribution in [1.29, 1.82) is 0 Å². The van der Waals surface area contributed by atoms with Crippen LogP contribution in [0.15, 0.2) is 48.7 Å². The fraction of sp³-hybridized carbons (Fsp3) is 0. The summed E-state index contributed by atoms with van der Waals surface area (Å²) in [6.45, 7) is 0. The Morgan fingerprint density at radius 2 is 1.79 bits per heavy atom. The Kier molecular flexibility index (Phi) is 6.07. The molecule has 1 aromatic heterocycles. The average Bonchev–Trinajstić information content (AvgIpc) is 2.21. The van der Waals surface area contributed by atoms with Crippen molar-refractivity contribution in [3.05, 3.63) is 62.2 Å². The van der Waals surface area contributed by atoms with Crippen molar-refractivity contribution >= 4 is 0 Å². The molecule has 0 radical (unpaired) electrons. The van der Waals surface area contributed by atoms with Crippen molar-refractivity contribution in [2.75, 3.05) is 0 Å². The zero-order valence-corrected chi connectivity index (χ0v) is 10.2. The molecule has 0 aliphatic rings. The number of rotatable bonds is 1. The van der Waals surface area contributed by atoms with Crippen LogP contribution >= 0.6 is 0 Å². The summed E-state index contributed by atoms with van der Waals surface area (Å²) >= 11 is 0. The van der Waals surface area contributed by atoms with Crippen molar-refractivity contribution in [3.8, 4) is 11.3 Å². The van der Waals surface area contributed by atoms with E-state index in [0.717, 1.165) is 11.3 Å². The van der Waals surface area contributed by atoms with Crippen molar-refractivity contribution in [2.24, 2.45) is 0 Å². The van der Waals surface area contributed by atoms with E-state index in [-0.39, 0.29) is 28.5 Å². The van der Waals surface area contributed by atoms with Crippen molar-refractivity contribution < 1.29 is 21.1 Å². The molecule has 0 N–H and O–H groups in total. The Morgan fingerprint density at radius 3 is 2.36 bits per heavy atom. The van der Waals surface area contributed by atoms with Crippen molar-refractivity contribution in [3.63, 3.8) is 0 Å². The van der Waals surface area contributed by atoms with Gasteiger partial charge in [0.25, 0.3) is 0 Å². The first-order valence-electron chi connectivity index (χ1n) is 3.85. The van der Waals surface area contributed by atoms with E-state index in [1.165, 1.54) is 0 Å². The minimum absolute atomic E-state index is 0. The molecule has 14 heavy (non-hydrogen) atoms. The molecule has 0 atom stereocenters. The van der Waals surface area contributed by atoms with Gasteiger partial charge in [0, 0.05) is 6.20 Å². The van der Waals surface area contributed by atoms with E-state index in [4.69, 9.17) is 0 Å². The van der Waals surface area contributed by atoms with E-state index in [1.807, 2.05) is 42.5 Å². The third-order valence-electron chi connectivity index (χ3n) is 1.65. The molecule has 0 fully saturated rings. The van der Waals surface area contributed by atoms with Crippen LogP contribution in [0.4, 0.5) is 0 Å². The molecule has 0 aliphatic heterocycles. The van der Waals surface area contributed by atoms with Gasteiger partial charge >= 0.3 is 21.1 Å². The van der Waals surface area contributed by atoms with Crippen LogP contribution in [0, 0.1) is 13.5 Å². The summed E-state index contributed by atoms with van der Waals surface area (Å²) in [7, 11) is 0. The Morgan fingerprint density at radius 1 is 1.00 bits per heavy atom. The van der Waals surface area contributed by atoms with E-state index in [2.05, 4.69) is 11.1 Å². The molecule has 0 saturated heterocycles. The molecule has 74 valence electrons. The first-order valence-corrected chi connectivity index (χ1v) is 3.85. The molecule has 2 heteroatoms. The van der Waals surface area contributed by atoms with Gasteiger partial charge in [-0.15, -0.1) is 35.9 Å². The quantitative estimate of drug-likeness (QED) is 0.709. The van der Waals surface area contributed by atoms with Crippen LogP contribution in [0.3, 0.4) is 0 Å². The van der Waals surface area contributed by atoms with Crippen LogP contribution in [0.1, 0.15) is 0 Å². The van der Waals surface area contributed by atoms with Crippen LogP contribution < -0.4 is 0 Å². The summed E-state index contributed by atoms with van der Waals surface area (Å²) in [4.78, 5) is 4.22. The van der Waals surface area contributed by atoms with Gasteiger partial charge in [0.1, 0.15) is 0 Å². The summed E-state index contributed by atoms with van der Waals surface area (Å²) in [5.74, 6) is 0.